The van der Waals surface area contributed by atoms with Gasteiger partial charge in [-0.2, -0.15) is 0 Å². The number of halogens is 1. The van der Waals surface area contributed by atoms with Gasteiger partial charge in [-0.15, -0.1) is 11.8 Å². The quantitative estimate of drug-likeness (QED) is 0.461. The van der Waals surface area contributed by atoms with Gasteiger partial charge in [-0.3, -0.25) is 14.9 Å². The maximum atomic E-state index is 12.3. The molecule has 8 nitrogen and oxygen atoms in total. The lowest BCUT2D eigenvalue weighted by Gasteiger charge is -2.21. The summed E-state index contributed by atoms with van der Waals surface area (Å²) in [5.41, 5.74) is -0.189. The zero-order valence-corrected chi connectivity index (χ0v) is 14.2. The molecule has 1 aromatic carbocycles. The molecule has 1 saturated heterocycles. The number of hydrogen-bond donors (Lipinski definition) is 1. The number of benzene rings is 1. The van der Waals surface area contributed by atoms with Gasteiger partial charge in [0.1, 0.15) is 6.04 Å². The minimum atomic E-state index is -1.09. The van der Waals surface area contributed by atoms with Crippen molar-refractivity contribution >= 4 is 40.9 Å². The monoisotopic (exact) mass is 374 g/mol. The number of amides is 1. The number of likely N-dealkylation sites (tertiary alicyclic amines) is 1. The number of carboxylic acids is 1. The van der Waals surface area contributed by atoms with Crippen molar-refractivity contribution in [2.45, 2.75) is 23.5 Å². The van der Waals surface area contributed by atoms with Crippen molar-refractivity contribution < 1.29 is 24.4 Å². The smallest absolute Gasteiger partial charge is 0.326 e. The molecule has 2 rings (SSSR count). The van der Waals surface area contributed by atoms with Gasteiger partial charge in [0.15, 0.2) is 0 Å². The average molecular weight is 375 g/mol. The Labute approximate surface area is 146 Å². The minimum Gasteiger partial charge on any atom is -0.480 e. The van der Waals surface area contributed by atoms with Crippen molar-refractivity contribution in [2.24, 2.45) is 0 Å². The minimum absolute atomic E-state index is 0.108. The number of thioether (sulfide) groups is 1. The van der Waals surface area contributed by atoms with Crippen LogP contribution in [-0.2, 0) is 14.3 Å². The number of carboxylic acid groups (broad SMARTS) is 1. The van der Waals surface area contributed by atoms with Gasteiger partial charge in [0.2, 0.25) is 5.91 Å². The van der Waals surface area contributed by atoms with Crippen LogP contribution in [0.3, 0.4) is 0 Å². The second kappa shape index (κ2) is 7.82. The lowest BCUT2D eigenvalue weighted by molar-refractivity contribution is -0.387. The first-order valence-corrected chi connectivity index (χ1v) is 8.31. The number of carbonyl (C=O) groups is 2. The van der Waals surface area contributed by atoms with E-state index in [4.69, 9.17) is 16.3 Å². The summed E-state index contributed by atoms with van der Waals surface area (Å²) in [4.78, 5) is 35.6. The van der Waals surface area contributed by atoms with Crippen molar-refractivity contribution in [3.05, 3.63) is 33.3 Å². The van der Waals surface area contributed by atoms with Crippen LogP contribution in [0.4, 0.5) is 5.69 Å². The fourth-order valence-corrected chi connectivity index (χ4v) is 3.51. The molecule has 0 saturated carbocycles. The van der Waals surface area contributed by atoms with E-state index in [0.29, 0.717) is 4.90 Å². The number of carbonyl (C=O) groups excluding carboxylic acids is 1. The molecule has 0 aliphatic carbocycles. The molecule has 1 N–H and O–H groups in total. The predicted molar refractivity (Wildman–Crippen MR) is 87.4 cm³/mol. The number of aliphatic carboxylic acids is 1. The summed E-state index contributed by atoms with van der Waals surface area (Å²) in [7, 11) is 1.46. The summed E-state index contributed by atoms with van der Waals surface area (Å²) in [5, 5.41) is 20.5. The van der Waals surface area contributed by atoms with Crippen LogP contribution in [0.15, 0.2) is 23.1 Å². The molecule has 0 radical (unpaired) electrons. The topological polar surface area (TPSA) is 110 Å². The van der Waals surface area contributed by atoms with E-state index < -0.39 is 22.8 Å². The van der Waals surface area contributed by atoms with E-state index in [2.05, 4.69) is 0 Å². The standard InChI is InChI=1S/C14H15ClN2O6S/c1-23-9-5-11(14(19)20)16(6-9)13(18)7-24-12-3-2-8(15)4-10(12)17(21)22/h2-4,9,11H,5-7H2,1H3,(H,19,20). The SMILES string of the molecule is COC1CC(C(=O)O)N(C(=O)CSc2ccc(Cl)cc2[N+](=O)[O-])C1. The normalized spacial score (nSPS) is 20.2. The van der Waals surface area contributed by atoms with Gasteiger partial charge in [-0.25, -0.2) is 4.79 Å². The molecule has 130 valence electrons. The molecule has 0 spiro atoms. The highest BCUT2D eigenvalue weighted by molar-refractivity contribution is 8.00. The zero-order valence-electron chi connectivity index (χ0n) is 12.7. The van der Waals surface area contributed by atoms with Crippen LogP contribution < -0.4 is 0 Å². The van der Waals surface area contributed by atoms with Gasteiger partial charge in [0, 0.05) is 31.2 Å². The summed E-state index contributed by atoms with van der Waals surface area (Å²) in [5.74, 6) is -1.61. The maximum Gasteiger partial charge on any atom is 0.326 e. The summed E-state index contributed by atoms with van der Waals surface area (Å²) in [6.07, 6.45) is -0.103. The number of methoxy groups -OCH3 is 1. The summed E-state index contributed by atoms with van der Waals surface area (Å²) in [6, 6.07) is 3.24. The van der Waals surface area contributed by atoms with Gasteiger partial charge in [-0.05, 0) is 12.1 Å². The van der Waals surface area contributed by atoms with Crippen molar-refractivity contribution in [1.82, 2.24) is 4.90 Å². The predicted octanol–water partition coefficient (Wildman–Crippen LogP) is 2.04. The Kier molecular flexibility index (Phi) is 6.03. The number of nitro groups is 1. The third-order valence-corrected chi connectivity index (χ3v) is 4.95. The molecule has 1 aliphatic rings. The Morgan fingerprint density at radius 1 is 1.54 bits per heavy atom. The zero-order chi connectivity index (χ0) is 17.9. The third kappa shape index (κ3) is 4.16. The molecular weight excluding hydrogens is 360 g/mol. The molecule has 2 unspecified atom stereocenters. The van der Waals surface area contributed by atoms with Crippen molar-refractivity contribution in [1.29, 1.82) is 0 Å². The second-order valence-electron chi connectivity index (χ2n) is 5.15. The summed E-state index contributed by atoms with van der Waals surface area (Å²) >= 11 is 6.72. The fraction of sp³-hybridized carbons (Fsp3) is 0.429. The van der Waals surface area contributed by atoms with E-state index >= 15 is 0 Å². The Bertz CT molecular complexity index is 671. The van der Waals surface area contributed by atoms with Crippen LogP contribution in [-0.4, -0.2) is 58.4 Å². The summed E-state index contributed by atoms with van der Waals surface area (Å²) < 4.78 is 5.13. The first-order valence-electron chi connectivity index (χ1n) is 6.95. The van der Waals surface area contributed by atoms with Gasteiger partial charge in [-0.1, -0.05) is 11.6 Å². The van der Waals surface area contributed by atoms with E-state index in [1.807, 2.05) is 0 Å². The number of ether oxygens (including phenoxy) is 1. The van der Waals surface area contributed by atoms with Crippen molar-refractivity contribution in [3.8, 4) is 0 Å². The highest BCUT2D eigenvalue weighted by Gasteiger charge is 2.39. The van der Waals surface area contributed by atoms with E-state index in [9.17, 15) is 24.8 Å². The summed E-state index contributed by atoms with van der Waals surface area (Å²) in [6.45, 7) is 0.190. The number of hydrogen-bond acceptors (Lipinski definition) is 6. The number of nitro benzene ring substituents is 1. The molecule has 2 atom stereocenters. The van der Waals surface area contributed by atoms with Crippen LogP contribution >= 0.6 is 23.4 Å². The van der Waals surface area contributed by atoms with Gasteiger partial charge in [0.05, 0.1) is 21.7 Å². The van der Waals surface area contributed by atoms with Gasteiger partial charge < -0.3 is 14.7 Å². The van der Waals surface area contributed by atoms with E-state index in [1.165, 1.54) is 30.2 Å². The Morgan fingerprint density at radius 3 is 2.83 bits per heavy atom. The maximum absolute atomic E-state index is 12.3. The van der Waals surface area contributed by atoms with E-state index in [1.54, 1.807) is 0 Å². The lowest BCUT2D eigenvalue weighted by Crippen LogP contribution is -2.41. The van der Waals surface area contributed by atoms with Crippen molar-refractivity contribution in [2.75, 3.05) is 19.4 Å². The van der Waals surface area contributed by atoms with Crippen LogP contribution in [0, 0.1) is 10.1 Å². The molecule has 1 aliphatic heterocycles. The van der Waals surface area contributed by atoms with Crippen LogP contribution in [0.5, 0.6) is 0 Å². The van der Waals surface area contributed by atoms with Crippen LogP contribution in [0.2, 0.25) is 5.02 Å². The molecule has 0 aromatic heterocycles. The van der Waals surface area contributed by atoms with Crippen LogP contribution in [0.1, 0.15) is 6.42 Å². The molecule has 24 heavy (non-hydrogen) atoms. The Morgan fingerprint density at radius 2 is 2.25 bits per heavy atom. The highest BCUT2D eigenvalue weighted by Crippen LogP contribution is 2.32. The Balaban J connectivity index is 2.08. The molecule has 10 heteroatoms. The average Bonchev–Trinajstić information content (AvgIpc) is 2.98. The van der Waals surface area contributed by atoms with Gasteiger partial charge in [0.25, 0.3) is 5.69 Å². The molecule has 1 amide bonds. The molecule has 1 fully saturated rings. The highest BCUT2D eigenvalue weighted by atomic mass is 35.5. The largest absolute Gasteiger partial charge is 0.480 e. The third-order valence-electron chi connectivity index (χ3n) is 3.67. The molecule has 1 aromatic rings. The number of rotatable bonds is 6. The first kappa shape index (κ1) is 18.5. The van der Waals surface area contributed by atoms with E-state index in [0.717, 1.165) is 11.8 Å². The fourth-order valence-electron chi connectivity index (χ4n) is 2.46. The first-order chi connectivity index (χ1) is 11.3. The lowest BCUT2D eigenvalue weighted by atomic mass is 10.2. The van der Waals surface area contributed by atoms with Crippen LogP contribution in [0.25, 0.3) is 0 Å². The Hall–Kier alpha value is -1.84. The molecule has 1 heterocycles. The van der Waals surface area contributed by atoms with Gasteiger partial charge >= 0.3 is 5.97 Å². The second-order valence-corrected chi connectivity index (χ2v) is 6.60. The molecular formula is C14H15ClN2O6S. The van der Waals surface area contributed by atoms with E-state index in [-0.39, 0.29) is 35.5 Å². The van der Waals surface area contributed by atoms with Crippen molar-refractivity contribution in [3.63, 3.8) is 0 Å². The molecule has 0 bridgehead atoms. The number of nitrogens with zero attached hydrogens (tertiary/aromatic N) is 2.